The van der Waals surface area contributed by atoms with E-state index >= 15 is 0 Å². The van der Waals surface area contributed by atoms with Gasteiger partial charge in [0.25, 0.3) is 0 Å². The van der Waals surface area contributed by atoms with Crippen LogP contribution >= 0.6 is 23.5 Å². The number of hydrogen-bond donors (Lipinski definition) is 0. The van der Waals surface area contributed by atoms with Crippen molar-refractivity contribution in [2.75, 3.05) is 19.6 Å². The molecule has 1 aliphatic carbocycles. The lowest BCUT2D eigenvalue weighted by molar-refractivity contribution is -0.173. The number of methoxy groups -OCH3 is 1. The second kappa shape index (κ2) is 5.95. The maximum Gasteiger partial charge on any atom is 0.311 e. The van der Waals surface area contributed by atoms with E-state index in [0.29, 0.717) is 6.42 Å². The van der Waals surface area contributed by atoms with Gasteiger partial charge in [0, 0.05) is 0 Å². The van der Waals surface area contributed by atoms with Gasteiger partial charge in [-0.25, -0.2) is 0 Å². The van der Waals surface area contributed by atoms with Crippen LogP contribution in [0.25, 0.3) is 0 Å². The first kappa shape index (κ1) is 16.7. The fraction of sp³-hybridized carbons (Fsp3) is 0.846. The van der Waals surface area contributed by atoms with E-state index in [0.717, 1.165) is 0 Å². The molecule has 0 amide bonds. The van der Waals surface area contributed by atoms with Crippen LogP contribution < -0.4 is 0 Å². The summed E-state index contributed by atoms with van der Waals surface area (Å²) in [5.41, 5.74) is -0.533. The van der Waals surface area contributed by atoms with Crippen LogP contribution in [0.4, 0.5) is 0 Å². The zero-order valence-corrected chi connectivity index (χ0v) is 13.9. The van der Waals surface area contributed by atoms with Crippen molar-refractivity contribution in [2.45, 2.75) is 36.9 Å². The topological polar surface area (TPSA) is 52.6 Å². The predicted octanol–water partition coefficient (Wildman–Crippen LogP) is 2.56. The summed E-state index contributed by atoms with van der Waals surface area (Å²) < 4.78 is 9.96. The molecule has 0 aromatic heterocycles. The van der Waals surface area contributed by atoms with E-state index in [1.54, 1.807) is 23.5 Å². The fourth-order valence-corrected chi connectivity index (χ4v) is 4.66. The SMILES string of the molecule is COC(=O)[C@@H]1[C@@H](C(=O)OC(C)(C)C)CC1(SC)SC. The zero-order valence-electron chi connectivity index (χ0n) is 12.3. The van der Waals surface area contributed by atoms with Crippen molar-refractivity contribution in [3.05, 3.63) is 0 Å². The first-order valence-corrected chi connectivity index (χ1v) is 8.56. The third-order valence-corrected chi connectivity index (χ3v) is 6.46. The molecule has 1 rings (SSSR count). The average molecular weight is 306 g/mol. The lowest BCUT2D eigenvalue weighted by Crippen LogP contribution is -2.57. The minimum atomic E-state index is -0.533. The summed E-state index contributed by atoms with van der Waals surface area (Å²) in [6, 6.07) is 0. The van der Waals surface area contributed by atoms with Crippen molar-refractivity contribution in [3.8, 4) is 0 Å². The van der Waals surface area contributed by atoms with Gasteiger partial charge in [-0.3, -0.25) is 9.59 Å². The molecule has 0 aliphatic heterocycles. The van der Waals surface area contributed by atoms with Gasteiger partial charge in [0.05, 0.1) is 23.0 Å². The van der Waals surface area contributed by atoms with E-state index in [1.807, 2.05) is 33.3 Å². The van der Waals surface area contributed by atoms with E-state index in [1.165, 1.54) is 7.11 Å². The number of esters is 2. The Labute approximate surface area is 123 Å². The van der Waals surface area contributed by atoms with Crippen LogP contribution in [0.5, 0.6) is 0 Å². The summed E-state index contributed by atoms with van der Waals surface area (Å²) in [5.74, 6) is -1.46. The van der Waals surface area contributed by atoms with Crippen LogP contribution in [0.15, 0.2) is 0 Å². The van der Waals surface area contributed by atoms with E-state index in [4.69, 9.17) is 9.47 Å². The maximum atomic E-state index is 12.1. The molecule has 6 heteroatoms. The summed E-state index contributed by atoms with van der Waals surface area (Å²) >= 11 is 3.21. The number of carbonyl (C=O) groups is 2. The standard InChI is InChI=1S/C13H22O4S2/c1-12(2,3)17-10(14)8-7-13(18-5,19-6)9(8)11(15)16-4/h8-9H,7H2,1-6H3/t8-,9-/m0/s1. The van der Waals surface area contributed by atoms with Crippen LogP contribution in [0.1, 0.15) is 27.2 Å². The van der Waals surface area contributed by atoms with Gasteiger partial charge < -0.3 is 9.47 Å². The number of ether oxygens (including phenoxy) is 2. The number of thioether (sulfide) groups is 2. The molecule has 0 saturated heterocycles. The average Bonchev–Trinajstić information content (AvgIpc) is 2.27. The molecule has 2 atom stereocenters. The fourth-order valence-electron chi connectivity index (χ4n) is 2.27. The van der Waals surface area contributed by atoms with Crippen molar-refractivity contribution in [3.63, 3.8) is 0 Å². The van der Waals surface area contributed by atoms with Gasteiger partial charge in [0.1, 0.15) is 5.60 Å². The summed E-state index contributed by atoms with van der Waals surface area (Å²) in [6.45, 7) is 5.48. The Morgan fingerprint density at radius 2 is 1.68 bits per heavy atom. The minimum absolute atomic E-state index is 0.269. The number of carbonyl (C=O) groups excluding carboxylic acids is 2. The van der Waals surface area contributed by atoms with E-state index in [-0.39, 0.29) is 16.0 Å². The molecule has 0 aromatic rings. The Bertz CT molecular complexity index is 358. The number of rotatable bonds is 4. The van der Waals surface area contributed by atoms with Crippen LogP contribution in [0.2, 0.25) is 0 Å². The van der Waals surface area contributed by atoms with Crippen LogP contribution in [-0.2, 0) is 19.1 Å². The lowest BCUT2D eigenvalue weighted by atomic mass is 9.72. The second-order valence-electron chi connectivity index (χ2n) is 5.57. The molecule has 1 fully saturated rings. The van der Waals surface area contributed by atoms with Gasteiger partial charge in [0.2, 0.25) is 0 Å². The summed E-state index contributed by atoms with van der Waals surface area (Å²) in [7, 11) is 1.36. The highest BCUT2D eigenvalue weighted by Crippen LogP contribution is 2.58. The van der Waals surface area contributed by atoms with E-state index in [2.05, 4.69) is 0 Å². The highest BCUT2D eigenvalue weighted by molar-refractivity contribution is 8.17. The van der Waals surface area contributed by atoms with Gasteiger partial charge in [-0.15, -0.1) is 23.5 Å². The monoisotopic (exact) mass is 306 g/mol. The van der Waals surface area contributed by atoms with Crippen molar-refractivity contribution in [2.24, 2.45) is 11.8 Å². The van der Waals surface area contributed by atoms with E-state index in [9.17, 15) is 9.59 Å². The Morgan fingerprint density at radius 3 is 2.05 bits per heavy atom. The molecular formula is C13H22O4S2. The first-order chi connectivity index (χ1) is 8.70. The number of hydrogen-bond acceptors (Lipinski definition) is 6. The molecule has 0 radical (unpaired) electrons. The Kier molecular flexibility index (Phi) is 5.23. The normalized spacial score (nSPS) is 25.4. The third-order valence-electron chi connectivity index (χ3n) is 3.24. The van der Waals surface area contributed by atoms with Crippen LogP contribution in [0.3, 0.4) is 0 Å². The summed E-state index contributed by atoms with van der Waals surface area (Å²) in [6.07, 6.45) is 4.56. The largest absolute Gasteiger partial charge is 0.469 e. The lowest BCUT2D eigenvalue weighted by Gasteiger charge is -2.50. The van der Waals surface area contributed by atoms with Gasteiger partial charge in [-0.05, 0) is 39.7 Å². The molecule has 0 unspecified atom stereocenters. The Morgan fingerprint density at radius 1 is 1.16 bits per heavy atom. The zero-order chi connectivity index (χ0) is 14.8. The van der Waals surface area contributed by atoms with Gasteiger partial charge >= 0.3 is 11.9 Å². The highest BCUT2D eigenvalue weighted by atomic mass is 32.2. The molecule has 1 saturated carbocycles. The van der Waals surface area contributed by atoms with Crippen molar-refractivity contribution < 1.29 is 19.1 Å². The van der Waals surface area contributed by atoms with Crippen LogP contribution in [0, 0.1) is 11.8 Å². The maximum absolute atomic E-state index is 12.1. The molecule has 0 bridgehead atoms. The van der Waals surface area contributed by atoms with E-state index < -0.39 is 17.4 Å². The molecule has 110 valence electrons. The Hall–Kier alpha value is -0.360. The molecule has 0 spiro atoms. The third kappa shape index (κ3) is 3.40. The first-order valence-electron chi connectivity index (χ1n) is 6.11. The summed E-state index contributed by atoms with van der Waals surface area (Å²) in [4.78, 5) is 24.1. The summed E-state index contributed by atoms with van der Waals surface area (Å²) in [5, 5.41) is 0. The van der Waals surface area contributed by atoms with Gasteiger partial charge in [-0.1, -0.05) is 0 Å². The smallest absolute Gasteiger partial charge is 0.311 e. The quantitative estimate of drug-likeness (QED) is 0.588. The van der Waals surface area contributed by atoms with Crippen LogP contribution in [-0.4, -0.2) is 41.2 Å². The molecule has 0 heterocycles. The molecule has 4 nitrogen and oxygen atoms in total. The molecule has 1 aliphatic rings. The molecule has 19 heavy (non-hydrogen) atoms. The van der Waals surface area contributed by atoms with Crippen molar-refractivity contribution in [1.29, 1.82) is 0 Å². The Balaban J connectivity index is 2.87. The molecule has 0 N–H and O–H groups in total. The van der Waals surface area contributed by atoms with Gasteiger partial charge in [0.15, 0.2) is 0 Å². The highest BCUT2D eigenvalue weighted by Gasteiger charge is 2.61. The molecular weight excluding hydrogens is 284 g/mol. The molecule has 0 aromatic carbocycles. The van der Waals surface area contributed by atoms with Crippen molar-refractivity contribution in [1.82, 2.24) is 0 Å². The predicted molar refractivity (Wildman–Crippen MR) is 79.2 cm³/mol. The van der Waals surface area contributed by atoms with Crippen molar-refractivity contribution >= 4 is 35.5 Å². The van der Waals surface area contributed by atoms with Gasteiger partial charge in [-0.2, -0.15) is 0 Å². The minimum Gasteiger partial charge on any atom is -0.469 e. The second-order valence-corrected chi connectivity index (χ2v) is 8.10.